The van der Waals surface area contributed by atoms with E-state index in [9.17, 15) is 0 Å². The molecule has 1 aromatic rings. The van der Waals surface area contributed by atoms with Gasteiger partial charge in [-0.2, -0.15) is 4.98 Å². The van der Waals surface area contributed by atoms with E-state index >= 15 is 0 Å². The van der Waals surface area contributed by atoms with E-state index in [1.807, 2.05) is 13.1 Å². The van der Waals surface area contributed by atoms with Crippen LogP contribution >= 0.6 is 11.6 Å². The molecule has 1 aliphatic carbocycles. The van der Waals surface area contributed by atoms with Gasteiger partial charge in [0.15, 0.2) is 5.82 Å². The summed E-state index contributed by atoms with van der Waals surface area (Å²) in [6.45, 7) is 6.31. The third-order valence-electron chi connectivity index (χ3n) is 3.86. The van der Waals surface area contributed by atoms with E-state index in [4.69, 9.17) is 17.3 Å². The average Bonchev–Trinajstić information content (AvgIpc) is 2.47. The van der Waals surface area contributed by atoms with Crippen molar-refractivity contribution in [3.05, 3.63) is 11.0 Å². The van der Waals surface area contributed by atoms with Crippen molar-refractivity contribution in [1.29, 1.82) is 0 Å². The molecule has 1 heterocycles. The summed E-state index contributed by atoms with van der Waals surface area (Å²) in [5.74, 6) is 1.37. The van der Waals surface area contributed by atoms with Gasteiger partial charge in [-0.1, -0.05) is 52.4 Å². The first-order valence-electron chi connectivity index (χ1n) is 8.36. The highest BCUT2D eigenvalue weighted by Gasteiger charge is 2.06. The molecule has 0 atom stereocenters. The van der Waals surface area contributed by atoms with Crippen molar-refractivity contribution in [2.75, 3.05) is 5.73 Å². The van der Waals surface area contributed by atoms with Gasteiger partial charge in [-0.3, -0.25) is 4.99 Å². The lowest BCUT2D eigenvalue weighted by Crippen LogP contribution is -1.99. The molecule has 0 amide bonds. The number of aryl methyl sites for hydroxylation is 1. The molecular weight excluding hydrogens is 296 g/mol. The minimum absolute atomic E-state index is 0.164. The molecule has 4 nitrogen and oxygen atoms in total. The Labute approximate surface area is 139 Å². The van der Waals surface area contributed by atoms with Crippen LogP contribution in [0.4, 0.5) is 11.5 Å². The van der Waals surface area contributed by atoms with Gasteiger partial charge in [0.2, 0.25) is 5.28 Å². The van der Waals surface area contributed by atoms with Crippen LogP contribution in [-0.4, -0.2) is 16.2 Å². The second-order valence-electron chi connectivity index (χ2n) is 6.01. The van der Waals surface area contributed by atoms with Gasteiger partial charge in [0, 0.05) is 6.21 Å². The summed E-state index contributed by atoms with van der Waals surface area (Å²) in [4.78, 5) is 12.1. The topological polar surface area (TPSA) is 64.2 Å². The fourth-order valence-corrected chi connectivity index (χ4v) is 2.69. The quantitative estimate of drug-likeness (QED) is 0.452. The maximum atomic E-state index is 5.69. The fraction of sp³-hybridized carbons (Fsp3) is 0.706. The lowest BCUT2D eigenvalue weighted by atomic mass is 9.91. The normalized spacial score (nSPS) is 15.6. The second kappa shape index (κ2) is 10.5. The van der Waals surface area contributed by atoms with Crippen molar-refractivity contribution in [3.8, 4) is 0 Å². The maximum absolute atomic E-state index is 5.69. The summed E-state index contributed by atoms with van der Waals surface area (Å²) in [5.41, 5.74) is 7.02. The van der Waals surface area contributed by atoms with Crippen LogP contribution in [-0.2, 0) is 0 Å². The Hall–Kier alpha value is -1.16. The van der Waals surface area contributed by atoms with Gasteiger partial charge in [-0.05, 0) is 37.3 Å². The number of aromatic nitrogens is 2. The third-order valence-corrected chi connectivity index (χ3v) is 4.03. The van der Waals surface area contributed by atoms with Gasteiger partial charge in [0.1, 0.15) is 5.69 Å². The predicted octanol–water partition coefficient (Wildman–Crippen LogP) is 5.50. The molecule has 2 rings (SSSR count). The Balaban J connectivity index is 0.000000287. The number of nitrogens with zero attached hydrogens (tertiary/aromatic N) is 3. The number of hydrogen-bond acceptors (Lipinski definition) is 4. The maximum Gasteiger partial charge on any atom is 0.224 e. The van der Waals surface area contributed by atoms with Crippen LogP contribution < -0.4 is 5.73 Å². The molecule has 5 heteroatoms. The zero-order chi connectivity index (χ0) is 16.4. The number of nitrogen functional groups attached to an aromatic ring is 1. The van der Waals surface area contributed by atoms with Gasteiger partial charge in [-0.25, -0.2) is 4.98 Å². The van der Waals surface area contributed by atoms with Crippen LogP contribution in [0.5, 0.6) is 0 Å². The van der Waals surface area contributed by atoms with Crippen molar-refractivity contribution in [1.82, 2.24) is 9.97 Å². The molecule has 0 spiro atoms. The average molecular weight is 325 g/mol. The number of aliphatic imine (C=N–C) groups is 1. The lowest BCUT2D eigenvalue weighted by molar-refractivity contribution is 0.385. The zero-order valence-electron chi connectivity index (χ0n) is 14.1. The molecule has 1 fully saturated rings. The first-order chi connectivity index (χ1) is 10.5. The summed E-state index contributed by atoms with van der Waals surface area (Å²) < 4.78 is 0. The third kappa shape index (κ3) is 7.21. The van der Waals surface area contributed by atoms with Gasteiger partial charge in [0.05, 0.1) is 5.69 Å². The van der Waals surface area contributed by atoms with E-state index < -0.39 is 0 Å². The highest BCUT2D eigenvalue weighted by molar-refractivity contribution is 6.28. The van der Waals surface area contributed by atoms with Crippen molar-refractivity contribution in [2.24, 2.45) is 10.9 Å². The smallest absolute Gasteiger partial charge is 0.224 e. The number of hydrogen-bond donors (Lipinski definition) is 1. The van der Waals surface area contributed by atoms with E-state index in [2.05, 4.69) is 28.8 Å². The molecule has 1 saturated carbocycles. The van der Waals surface area contributed by atoms with Crippen LogP contribution in [0.15, 0.2) is 4.99 Å². The highest BCUT2D eigenvalue weighted by atomic mass is 35.5. The Morgan fingerprint density at radius 1 is 1.27 bits per heavy atom. The molecule has 0 saturated heterocycles. The molecule has 124 valence electrons. The molecule has 0 bridgehead atoms. The molecule has 2 N–H and O–H groups in total. The van der Waals surface area contributed by atoms with Gasteiger partial charge >= 0.3 is 0 Å². The molecule has 0 aliphatic heterocycles. The van der Waals surface area contributed by atoms with E-state index in [0.29, 0.717) is 17.2 Å². The molecule has 0 radical (unpaired) electrons. The van der Waals surface area contributed by atoms with Gasteiger partial charge in [0.25, 0.3) is 0 Å². The number of unbranched alkanes of at least 4 members (excludes halogenated alkanes) is 2. The first-order valence-corrected chi connectivity index (χ1v) is 8.74. The van der Waals surface area contributed by atoms with E-state index in [1.165, 1.54) is 32.1 Å². The van der Waals surface area contributed by atoms with Crippen LogP contribution in [0.25, 0.3) is 0 Å². The van der Waals surface area contributed by atoms with Crippen molar-refractivity contribution in [2.45, 2.75) is 72.1 Å². The summed E-state index contributed by atoms with van der Waals surface area (Å²) in [7, 11) is 0. The Bertz CT molecular complexity index is 445. The summed E-state index contributed by atoms with van der Waals surface area (Å²) >= 11 is 5.65. The number of halogens is 1. The van der Waals surface area contributed by atoms with E-state index in [1.54, 1.807) is 0 Å². The second-order valence-corrected chi connectivity index (χ2v) is 6.35. The molecule has 0 unspecified atom stereocenters. The molecule has 1 aliphatic rings. The Kier molecular flexibility index (Phi) is 9.05. The minimum atomic E-state index is 0.164. The standard InChI is InChI=1S/C10H15ClN4.C7H14/c1-3-4-5-6-13-8-7(2)14-10(11)15-9(8)12;1-7-5-3-2-4-6-7/h6H,3-5H2,1-2H3,(H2,12,14,15);7H,2-6H2,1H3. The Morgan fingerprint density at radius 2 is 1.95 bits per heavy atom. The van der Waals surface area contributed by atoms with E-state index in [0.717, 1.165) is 25.2 Å². The Morgan fingerprint density at radius 3 is 2.45 bits per heavy atom. The number of rotatable bonds is 4. The van der Waals surface area contributed by atoms with Crippen molar-refractivity contribution >= 4 is 29.3 Å². The summed E-state index contributed by atoms with van der Waals surface area (Å²) in [6, 6.07) is 0. The molecular formula is C17H29ClN4. The largest absolute Gasteiger partial charge is 0.382 e. The number of nitrogens with two attached hydrogens (primary N) is 1. The van der Waals surface area contributed by atoms with E-state index in [-0.39, 0.29) is 5.28 Å². The molecule has 1 aromatic heterocycles. The predicted molar refractivity (Wildman–Crippen MR) is 96.1 cm³/mol. The minimum Gasteiger partial charge on any atom is -0.382 e. The van der Waals surface area contributed by atoms with Gasteiger partial charge < -0.3 is 5.73 Å². The molecule has 22 heavy (non-hydrogen) atoms. The summed E-state index contributed by atoms with van der Waals surface area (Å²) in [5, 5.41) is 0.164. The summed E-state index contributed by atoms with van der Waals surface area (Å²) in [6.07, 6.45) is 12.5. The van der Waals surface area contributed by atoms with Crippen LogP contribution in [0, 0.1) is 12.8 Å². The lowest BCUT2D eigenvalue weighted by Gasteiger charge is -2.15. The number of anilines is 1. The van der Waals surface area contributed by atoms with Crippen LogP contribution in [0.2, 0.25) is 5.28 Å². The monoisotopic (exact) mass is 324 g/mol. The van der Waals surface area contributed by atoms with Crippen molar-refractivity contribution < 1.29 is 0 Å². The zero-order valence-corrected chi connectivity index (χ0v) is 14.9. The highest BCUT2D eigenvalue weighted by Crippen LogP contribution is 2.24. The molecule has 0 aromatic carbocycles. The van der Waals surface area contributed by atoms with Gasteiger partial charge in [-0.15, -0.1) is 0 Å². The SMILES string of the molecule is CC1CCCCC1.CCCCC=Nc1c(C)nc(Cl)nc1N. The first kappa shape index (κ1) is 18.9. The van der Waals surface area contributed by atoms with Crippen molar-refractivity contribution in [3.63, 3.8) is 0 Å². The fourth-order valence-electron chi connectivity index (χ4n) is 2.47. The van der Waals surface area contributed by atoms with Crippen LogP contribution in [0.1, 0.15) is 70.9 Å². The van der Waals surface area contributed by atoms with Crippen LogP contribution in [0.3, 0.4) is 0 Å².